The second kappa shape index (κ2) is 8.50. The molecule has 0 aromatic carbocycles. The molecule has 3 aromatic heterocycles. The molecule has 172 valence electrons. The molecule has 2 bridgehead atoms. The zero-order valence-electron chi connectivity index (χ0n) is 19.4. The van der Waals surface area contributed by atoms with Crippen molar-refractivity contribution in [2.24, 2.45) is 17.8 Å². The van der Waals surface area contributed by atoms with Crippen LogP contribution in [0.4, 0.5) is 0 Å². The number of terminal acetylenes is 1. The van der Waals surface area contributed by atoms with E-state index in [9.17, 15) is 10.1 Å². The van der Waals surface area contributed by atoms with E-state index in [0.717, 1.165) is 41.6 Å². The Kier molecular flexibility index (Phi) is 5.49. The average molecular weight is 454 g/mol. The Morgan fingerprint density at radius 1 is 1.35 bits per heavy atom. The second-order valence-corrected chi connectivity index (χ2v) is 9.72. The lowest BCUT2D eigenvalue weighted by Gasteiger charge is -2.56. The fraction of sp³-hybridized carbons (Fsp3) is 0.407. The predicted molar refractivity (Wildman–Crippen MR) is 128 cm³/mol. The third kappa shape index (κ3) is 3.88. The number of aromatic nitrogens is 3. The van der Waals surface area contributed by atoms with E-state index in [1.807, 2.05) is 19.2 Å². The summed E-state index contributed by atoms with van der Waals surface area (Å²) in [5, 5.41) is 16.9. The van der Waals surface area contributed by atoms with Gasteiger partial charge >= 0.3 is 0 Å². The average Bonchev–Trinajstić information content (AvgIpc) is 3.25. The standard InChI is InChI=1S/C27H27N5O2/c1-4-25(33)31-27(3)11-18-8-19(12-27)23(18)9-21-7-6-17(14-29-21)24-10-22(34-5-2)16-32-26(24)20(13-28)15-30-32/h1,6-7,10,14-16,18-19,23H,5,8-9,11-12H2,2-3H3,(H,31,33). The number of carbonyl (C=O) groups excluding carboxylic acids is 1. The largest absolute Gasteiger partial charge is 0.492 e. The zero-order chi connectivity index (χ0) is 23.9. The third-order valence-electron chi connectivity index (χ3n) is 7.39. The highest BCUT2D eigenvalue weighted by atomic mass is 16.5. The van der Waals surface area contributed by atoms with Crippen LogP contribution in [0, 0.1) is 41.4 Å². The van der Waals surface area contributed by atoms with Crippen LogP contribution in [0.2, 0.25) is 0 Å². The summed E-state index contributed by atoms with van der Waals surface area (Å²) in [5.74, 6) is 4.29. The monoisotopic (exact) mass is 453 g/mol. The number of nitrogens with one attached hydrogen (secondary N) is 1. The van der Waals surface area contributed by atoms with E-state index >= 15 is 0 Å². The van der Waals surface area contributed by atoms with Crippen molar-refractivity contribution >= 4 is 11.4 Å². The first-order valence-electron chi connectivity index (χ1n) is 11.7. The summed E-state index contributed by atoms with van der Waals surface area (Å²) in [6, 6.07) is 8.31. The van der Waals surface area contributed by atoms with Gasteiger partial charge in [0, 0.05) is 28.6 Å². The quantitative estimate of drug-likeness (QED) is 0.574. The molecule has 7 heteroatoms. The number of nitrogens with zero attached hydrogens (tertiary/aromatic N) is 4. The van der Waals surface area contributed by atoms with Crippen LogP contribution in [-0.4, -0.2) is 32.7 Å². The molecule has 7 nitrogen and oxygen atoms in total. The van der Waals surface area contributed by atoms with Crippen LogP contribution in [0.5, 0.6) is 5.75 Å². The lowest BCUT2D eigenvalue weighted by atomic mass is 9.51. The zero-order valence-corrected chi connectivity index (χ0v) is 19.4. The minimum absolute atomic E-state index is 0.203. The fourth-order valence-electron chi connectivity index (χ4n) is 5.97. The van der Waals surface area contributed by atoms with E-state index in [2.05, 4.69) is 41.5 Å². The number of amides is 1. The van der Waals surface area contributed by atoms with Crippen molar-refractivity contribution in [2.45, 2.75) is 45.1 Å². The molecule has 3 saturated carbocycles. The maximum atomic E-state index is 11.7. The van der Waals surface area contributed by atoms with Crippen LogP contribution < -0.4 is 10.1 Å². The number of rotatable bonds is 6. The molecular formula is C27H27N5O2. The van der Waals surface area contributed by atoms with Crippen molar-refractivity contribution in [1.82, 2.24) is 19.9 Å². The fourth-order valence-corrected chi connectivity index (χ4v) is 5.97. The summed E-state index contributed by atoms with van der Waals surface area (Å²) in [4.78, 5) is 16.5. The first kappa shape index (κ1) is 22.0. The summed E-state index contributed by atoms with van der Waals surface area (Å²) >= 11 is 0. The van der Waals surface area contributed by atoms with Crippen molar-refractivity contribution in [3.63, 3.8) is 0 Å². The number of pyridine rings is 2. The molecule has 3 aliphatic carbocycles. The van der Waals surface area contributed by atoms with Gasteiger partial charge in [-0.1, -0.05) is 6.07 Å². The maximum absolute atomic E-state index is 11.7. The van der Waals surface area contributed by atoms with Crippen molar-refractivity contribution in [1.29, 1.82) is 5.26 Å². The molecule has 3 aliphatic rings. The topological polar surface area (TPSA) is 92.3 Å². The van der Waals surface area contributed by atoms with Gasteiger partial charge in [-0.25, -0.2) is 4.52 Å². The van der Waals surface area contributed by atoms with Gasteiger partial charge in [0.05, 0.1) is 30.1 Å². The molecule has 34 heavy (non-hydrogen) atoms. The molecule has 0 saturated heterocycles. The molecule has 3 aromatic rings. The molecule has 0 spiro atoms. The highest BCUT2D eigenvalue weighted by Crippen LogP contribution is 2.55. The second-order valence-electron chi connectivity index (χ2n) is 9.72. The van der Waals surface area contributed by atoms with Gasteiger partial charge in [0.25, 0.3) is 5.91 Å². The Bertz CT molecular complexity index is 1320. The molecule has 2 unspecified atom stereocenters. The first-order valence-corrected chi connectivity index (χ1v) is 11.7. The number of hydrogen-bond acceptors (Lipinski definition) is 5. The van der Waals surface area contributed by atoms with Gasteiger partial charge in [-0.05, 0) is 75.3 Å². The minimum Gasteiger partial charge on any atom is -0.492 e. The Balaban J connectivity index is 1.35. The van der Waals surface area contributed by atoms with Crippen molar-refractivity contribution in [3.8, 4) is 35.3 Å². The van der Waals surface area contributed by atoms with Gasteiger partial charge in [0.1, 0.15) is 11.8 Å². The normalized spacial score (nSPS) is 25.1. The lowest BCUT2D eigenvalue weighted by Crippen LogP contribution is -2.58. The van der Waals surface area contributed by atoms with Gasteiger partial charge in [0.15, 0.2) is 0 Å². The van der Waals surface area contributed by atoms with E-state index in [1.165, 1.54) is 6.42 Å². The molecule has 1 N–H and O–H groups in total. The Morgan fingerprint density at radius 3 is 2.79 bits per heavy atom. The minimum atomic E-state index is -0.321. The van der Waals surface area contributed by atoms with Crippen LogP contribution in [0.25, 0.3) is 16.6 Å². The molecule has 1 amide bonds. The van der Waals surface area contributed by atoms with Crippen molar-refractivity contribution in [3.05, 3.63) is 48.0 Å². The number of fused-ring (bicyclic) bond motifs is 3. The van der Waals surface area contributed by atoms with Gasteiger partial charge < -0.3 is 10.1 Å². The van der Waals surface area contributed by atoms with E-state index in [-0.39, 0.29) is 11.4 Å². The van der Waals surface area contributed by atoms with E-state index in [1.54, 1.807) is 16.9 Å². The predicted octanol–water partition coefficient (Wildman–Crippen LogP) is 3.76. The molecule has 0 radical (unpaired) electrons. The van der Waals surface area contributed by atoms with E-state index in [4.69, 9.17) is 16.1 Å². The van der Waals surface area contributed by atoms with Crippen molar-refractivity contribution in [2.75, 3.05) is 6.61 Å². The van der Waals surface area contributed by atoms with Crippen molar-refractivity contribution < 1.29 is 9.53 Å². The highest BCUT2D eigenvalue weighted by Gasteiger charge is 2.51. The Morgan fingerprint density at radius 2 is 2.15 bits per heavy atom. The van der Waals surface area contributed by atoms with Crippen LogP contribution in [0.3, 0.4) is 0 Å². The Hall–Kier alpha value is -3.84. The van der Waals surface area contributed by atoms with Crippen LogP contribution in [0.1, 0.15) is 44.4 Å². The molecule has 3 heterocycles. The third-order valence-corrected chi connectivity index (χ3v) is 7.39. The van der Waals surface area contributed by atoms with Gasteiger partial charge in [-0.15, -0.1) is 6.42 Å². The summed E-state index contributed by atoms with van der Waals surface area (Å²) in [6.45, 7) is 4.59. The number of hydrogen-bond donors (Lipinski definition) is 1. The smallest absolute Gasteiger partial charge is 0.296 e. The maximum Gasteiger partial charge on any atom is 0.296 e. The summed E-state index contributed by atoms with van der Waals surface area (Å²) < 4.78 is 7.40. The van der Waals surface area contributed by atoms with Crippen LogP contribution in [-0.2, 0) is 11.2 Å². The van der Waals surface area contributed by atoms with Crippen LogP contribution >= 0.6 is 0 Å². The van der Waals surface area contributed by atoms with Gasteiger partial charge in [-0.2, -0.15) is 10.4 Å². The van der Waals surface area contributed by atoms with Gasteiger partial charge in [-0.3, -0.25) is 9.78 Å². The summed E-state index contributed by atoms with van der Waals surface area (Å²) in [6.07, 6.45) is 14.5. The molecule has 6 rings (SSSR count). The highest BCUT2D eigenvalue weighted by molar-refractivity contribution is 5.93. The molecule has 2 atom stereocenters. The molecule has 0 aliphatic heterocycles. The van der Waals surface area contributed by atoms with E-state index < -0.39 is 0 Å². The number of nitriles is 1. The molecular weight excluding hydrogens is 426 g/mol. The van der Waals surface area contributed by atoms with E-state index in [0.29, 0.717) is 35.7 Å². The Labute approximate surface area is 199 Å². The first-order chi connectivity index (χ1) is 16.4. The van der Waals surface area contributed by atoms with Gasteiger partial charge in [0.2, 0.25) is 0 Å². The number of carbonyl (C=O) groups is 1. The summed E-state index contributed by atoms with van der Waals surface area (Å²) in [5.41, 5.74) is 3.92. The number of ether oxygens (including phenoxy) is 1. The summed E-state index contributed by atoms with van der Waals surface area (Å²) in [7, 11) is 0. The molecule has 3 fully saturated rings. The SMILES string of the molecule is C#CC(=O)NC1(C)CC2CC(C1)C2Cc1ccc(-c2cc(OCC)cn3ncc(C#N)c23)cn1. The van der Waals surface area contributed by atoms with Crippen LogP contribution in [0.15, 0.2) is 36.8 Å². The lowest BCUT2D eigenvalue weighted by molar-refractivity contribution is -0.120.